The maximum atomic E-state index is 8.45. The Morgan fingerprint density at radius 1 is 1.18 bits per heavy atom. The average molecular weight is 161 g/mol. The molecule has 1 unspecified atom stereocenters. The van der Waals surface area contributed by atoms with E-state index in [2.05, 4.69) is 14.2 Å². The lowest BCUT2D eigenvalue weighted by atomic mass is 10.3. The average Bonchev–Trinajstić information content (AvgIpc) is 2.03. The summed E-state index contributed by atoms with van der Waals surface area (Å²) in [5.74, 6) is 0. The van der Waals surface area contributed by atoms with Gasteiger partial charge in [-0.1, -0.05) is 0 Å². The van der Waals surface area contributed by atoms with E-state index in [0.717, 1.165) is 5.30 Å². The molecule has 0 aliphatic heterocycles. The topological polar surface area (TPSA) is 60.5 Å². The molecule has 0 bridgehead atoms. The molecule has 1 rings (SSSR count). The number of nitrogens with zero attached hydrogens (tertiary/aromatic N) is 3. The zero-order chi connectivity index (χ0) is 8.27. The Balaban J connectivity index is 3.28. The molecule has 0 aliphatic rings. The lowest BCUT2D eigenvalue weighted by molar-refractivity contribution is 1.23. The predicted octanol–water partition coefficient (Wildman–Crippen LogP) is 0.325. The number of aromatic nitrogens is 1. The summed E-state index contributed by atoms with van der Waals surface area (Å²) < 4.78 is 0. The molecule has 1 aromatic rings. The standard InChI is InChI=1S/C7H4N3P/c8-3-5-1-7(11)2-6(4-9)10-5/h1-2H,11H2. The molecule has 0 radical (unpaired) electrons. The van der Waals surface area contributed by atoms with Crippen LogP contribution in [0.4, 0.5) is 0 Å². The van der Waals surface area contributed by atoms with Crippen LogP contribution in [0.25, 0.3) is 0 Å². The number of rotatable bonds is 0. The Morgan fingerprint density at radius 2 is 1.64 bits per heavy atom. The Kier molecular flexibility index (Phi) is 2.16. The van der Waals surface area contributed by atoms with Gasteiger partial charge in [0, 0.05) is 0 Å². The Hall–Kier alpha value is -1.44. The van der Waals surface area contributed by atoms with Crippen LogP contribution in [0.2, 0.25) is 0 Å². The summed E-state index contributed by atoms with van der Waals surface area (Å²) in [6.07, 6.45) is 0. The molecule has 0 saturated carbocycles. The second-order valence-corrected chi connectivity index (χ2v) is 2.56. The van der Waals surface area contributed by atoms with E-state index in [0.29, 0.717) is 0 Å². The van der Waals surface area contributed by atoms with Crippen LogP contribution in [0.5, 0.6) is 0 Å². The van der Waals surface area contributed by atoms with E-state index in [1.54, 1.807) is 12.1 Å². The van der Waals surface area contributed by atoms with Crippen LogP contribution in [0.15, 0.2) is 12.1 Å². The maximum Gasteiger partial charge on any atom is 0.142 e. The summed E-state index contributed by atoms with van der Waals surface area (Å²) >= 11 is 0. The van der Waals surface area contributed by atoms with E-state index in [4.69, 9.17) is 10.5 Å². The molecule has 0 N–H and O–H groups in total. The van der Waals surface area contributed by atoms with Crippen molar-refractivity contribution in [2.24, 2.45) is 0 Å². The fraction of sp³-hybridized carbons (Fsp3) is 0. The minimum atomic E-state index is 0.272. The second kappa shape index (κ2) is 3.10. The van der Waals surface area contributed by atoms with Gasteiger partial charge < -0.3 is 0 Å². The van der Waals surface area contributed by atoms with Crippen LogP contribution < -0.4 is 5.30 Å². The molecular formula is C7H4N3P. The van der Waals surface area contributed by atoms with Crippen molar-refractivity contribution in [3.8, 4) is 12.1 Å². The molecule has 0 saturated heterocycles. The first-order valence-corrected chi connectivity index (χ1v) is 3.42. The first kappa shape index (κ1) is 7.66. The van der Waals surface area contributed by atoms with Crippen molar-refractivity contribution < 1.29 is 0 Å². The molecule has 0 aromatic carbocycles. The lowest BCUT2D eigenvalue weighted by Gasteiger charge is -1.92. The molecule has 0 spiro atoms. The molecule has 52 valence electrons. The smallest absolute Gasteiger partial charge is 0.142 e. The van der Waals surface area contributed by atoms with Gasteiger partial charge in [0.1, 0.15) is 23.5 Å². The highest BCUT2D eigenvalue weighted by molar-refractivity contribution is 7.27. The molecule has 0 fully saturated rings. The van der Waals surface area contributed by atoms with Gasteiger partial charge in [0.25, 0.3) is 0 Å². The van der Waals surface area contributed by atoms with Crippen molar-refractivity contribution in [1.29, 1.82) is 10.5 Å². The van der Waals surface area contributed by atoms with Crippen LogP contribution >= 0.6 is 9.24 Å². The molecular weight excluding hydrogens is 157 g/mol. The minimum Gasteiger partial charge on any atom is -0.226 e. The van der Waals surface area contributed by atoms with Crippen molar-refractivity contribution in [3.05, 3.63) is 23.5 Å². The van der Waals surface area contributed by atoms with Crippen LogP contribution in [-0.4, -0.2) is 4.98 Å². The second-order valence-electron chi connectivity index (χ2n) is 1.89. The number of nitriles is 2. The highest BCUT2D eigenvalue weighted by atomic mass is 31.0. The minimum absolute atomic E-state index is 0.272. The quantitative estimate of drug-likeness (QED) is 0.515. The van der Waals surface area contributed by atoms with Gasteiger partial charge in [-0.25, -0.2) is 4.98 Å². The van der Waals surface area contributed by atoms with E-state index in [-0.39, 0.29) is 11.4 Å². The summed E-state index contributed by atoms with van der Waals surface area (Å²) in [5, 5.41) is 17.7. The van der Waals surface area contributed by atoms with Crippen LogP contribution in [-0.2, 0) is 0 Å². The van der Waals surface area contributed by atoms with Gasteiger partial charge in [0.15, 0.2) is 0 Å². The predicted molar refractivity (Wildman–Crippen MR) is 43.0 cm³/mol. The van der Waals surface area contributed by atoms with Crippen LogP contribution in [0.1, 0.15) is 11.4 Å². The first-order chi connectivity index (χ1) is 5.26. The fourth-order valence-corrected chi connectivity index (χ4v) is 0.982. The van der Waals surface area contributed by atoms with Crippen molar-refractivity contribution >= 4 is 14.5 Å². The molecule has 3 nitrogen and oxygen atoms in total. The molecule has 1 aromatic heterocycles. The van der Waals surface area contributed by atoms with E-state index in [1.165, 1.54) is 0 Å². The monoisotopic (exact) mass is 161 g/mol. The van der Waals surface area contributed by atoms with Gasteiger partial charge in [-0.3, -0.25) is 0 Å². The third kappa shape index (κ3) is 1.74. The van der Waals surface area contributed by atoms with E-state index < -0.39 is 0 Å². The number of pyridine rings is 1. The summed E-state index contributed by atoms with van der Waals surface area (Å²) in [7, 11) is 2.41. The van der Waals surface area contributed by atoms with Gasteiger partial charge in [-0.05, 0) is 17.4 Å². The highest BCUT2D eigenvalue weighted by Gasteiger charge is 1.96. The molecule has 1 atom stereocenters. The normalized spacial score (nSPS) is 8.27. The summed E-state index contributed by atoms with van der Waals surface area (Å²) in [6.45, 7) is 0. The maximum absolute atomic E-state index is 8.45. The van der Waals surface area contributed by atoms with Gasteiger partial charge >= 0.3 is 0 Å². The molecule has 11 heavy (non-hydrogen) atoms. The van der Waals surface area contributed by atoms with Gasteiger partial charge in [0.05, 0.1) is 0 Å². The van der Waals surface area contributed by atoms with E-state index in [1.807, 2.05) is 12.1 Å². The van der Waals surface area contributed by atoms with Crippen molar-refractivity contribution in [2.45, 2.75) is 0 Å². The lowest BCUT2D eigenvalue weighted by Crippen LogP contribution is -1.97. The summed E-state index contributed by atoms with van der Waals surface area (Å²) in [6, 6.07) is 6.94. The third-order valence-electron chi connectivity index (χ3n) is 1.08. The van der Waals surface area contributed by atoms with Crippen molar-refractivity contribution in [1.82, 2.24) is 4.98 Å². The van der Waals surface area contributed by atoms with E-state index in [9.17, 15) is 0 Å². The fourth-order valence-electron chi connectivity index (χ4n) is 0.666. The molecule has 0 amide bonds. The summed E-state index contributed by atoms with van der Waals surface area (Å²) in [4.78, 5) is 3.74. The molecule has 1 heterocycles. The van der Waals surface area contributed by atoms with Gasteiger partial charge in [0.2, 0.25) is 0 Å². The number of hydrogen-bond acceptors (Lipinski definition) is 3. The molecule has 4 heteroatoms. The summed E-state index contributed by atoms with van der Waals surface area (Å²) in [5.41, 5.74) is 0.545. The Labute approximate surface area is 66.5 Å². The number of hydrogen-bond donors (Lipinski definition) is 0. The first-order valence-electron chi connectivity index (χ1n) is 2.84. The SMILES string of the molecule is N#Cc1cc(P)cc(C#N)n1. The Bertz CT molecular complexity index is 327. The van der Waals surface area contributed by atoms with Crippen molar-refractivity contribution in [2.75, 3.05) is 0 Å². The zero-order valence-corrected chi connectivity index (χ0v) is 6.73. The third-order valence-corrected chi connectivity index (χ3v) is 1.41. The van der Waals surface area contributed by atoms with Gasteiger partial charge in [-0.2, -0.15) is 10.5 Å². The Morgan fingerprint density at radius 3 is 2.00 bits per heavy atom. The van der Waals surface area contributed by atoms with Gasteiger partial charge in [-0.15, -0.1) is 9.24 Å². The highest BCUT2D eigenvalue weighted by Crippen LogP contribution is 1.97. The molecule has 0 aliphatic carbocycles. The van der Waals surface area contributed by atoms with Crippen LogP contribution in [0, 0.1) is 22.7 Å². The van der Waals surface area contributed by atoms with Crippen molar-refractivity contribution in [3.63, 3.8) is 0 Å². The van der Waals surface area contributed by atoms with E-state index >= 15 is 0 Å². The zero-order valence-electron chi connectivity index (χ0n) is 5.57. The van der Waals surface area contributed by atoms with Crippen LogP contribution in [0.3, 0.4) is 0 Å². The largest absolute Gasteiger partial charge is 0.226 e.